The predicted molar refractivity (Wildman–Crippen MR) is 153 cm³/mol. The molecule has 0 saturated heterocycles. The molecule has 3 saturated carbocycles. The van der Waals surface area contributed by atoms with Gasteiger partial charge in [-0.3, -0.25) is 9.59 Å². The molecule has 7 atom stereocenters. The van der Waals surface area contributed by atoms with Gasteiger partial charge in [0.25, 0.3) is 0 Å². The van der Waals surface area contributed by atoms with E-state index in [1.54, 1.807) is 29.2 Å². The van der Waals surface area contributed by atoms with Crippen molar-refractivity contribution in [1.29, 1.82) is 0 Å². The molecule has 1 aromatic rings. The fraction of sp³-hybridized carbons (Fsp3) is 0.625. The van der Waals surface area contributed by atoms with Crippen LogP contribution in [0.1, 0.15) is 63.0 Å². The van der Waals surface area contributed by atoms with Gasteiger partial charge < -0.3 is 35.0 Å². The standard InChI is InChI=1S/C32H44N2O7/c1-5-6-7-26(37)34(16-19-8-9-20-14-23(19)32(20,2)3)24-15-22(31(39)33-10-11-35)27-21-12-18(17-36)13-25(40-4)29(21)41-30(27)28(24)38/h5,12-13,15,19-20,23-24,27-28,30,35-36,38H,1,6-11,14,16-17H2,2-4H3,(H,33,39). The topological polar surface area (TPSA) is 129 Å². The smallest absolute Gasteiger partial charge is 0.247 e. The molecule has 7 unspecified atom stereocenters. The lowest BCUT2D eigenvalue weighted by Gasteiger charge is -2.61. The largest absolute Gasteiger partial charge is 0.493 e. The Labute approximate surface area is 242 Å². The molecule has 1 heterocycles. The summed E-state index contributed by atoms with van der Waals surface area (Å²) in [6.45, 7) is 8.54. The molecule has 1 aromatic carbocycles. The van der Waals surface area contributed by atoms with E-state index in [9.17, 15) is 24.9 Å². The lowest BCUT2D eigenvalue weighted by Crippen LogP contribution is -2.59. The van der Waals surface area contributed by atoms with Gasteiger partial charge in [-0.25, -0.2) is 0 Å². The van der Waals surface area contributed by atoms with E-state index in [0.717, 1.165) is 18.8 Å². The number of amides is 2. The van der Waals surface area contributed by atoms with E-state index in [0.29, 0.717) is 53.0 Å². The minimum atomic E-state index is -1.11. The summed E-state index contributed by atoms with van der Waals surface area (Å²) < 4.78 is 11.9. The van der Waals surface area contributed by atoms with Crippen molar-refractivity contribution in [3.63, 3.8) is 0 Å². The van der Waals surface area contributed by atoms with E-state index in [4.69, 9.17) is 9.47 Å². The third-order valence-electron chi connectivity index (χ3n) is 10.2. The Morgan fingerprint density at radius 2 is 2.05 bits per heavy atom. The molecule has 2 bridgehead atoms. The summed E-state index contributed by atoms with van der Waals surface area (Å²) >= 11 is 0. The molecule has 0 aromatic heterocycles. The van der Waals surface area contributed by atoms with Crippen molar-refractivity contribution in [2.45, 2.75) is 76.7 Å². The van der Waals surface area contributed by atoms with Crippen molar-refractivity contribution in [2.24, 2.45) is 23.2 Å². The summed E-state index contributed by atoms with van der Waals surface area (Å²) in [6.07, 6.45) is 5.60. The molecule has 6 rings (SSSR count). The van der Waals surface area contributed by atoms with Crippen molar-refractivity contribution in [1.82, 2.24) is 10.2 Å². The number of aliphatic hydroxyl groups excluding tert-OH is 3. The van der Waals surface area contributed by atoms with Crippen LogP contribution in [0.3, 0.4) is 0 Å². The first kappa shape index (κ1) is 29.6. The van der Waals surface area contributed by atoms with Gasteiger partial charge in [0, 0.05) is 30.6 Å². The van der Waals surface area contributed by atoms with Crippen LogP contribution in [0.15, 0.2) is 36.4 Å². The number of benzene rings is 1. The SMILES string of the molecule is C=CCCC(=O)N(CC1CCC2CC1C2(C)C)C1C=C(C(=O)NCCO)C2c3cc(CO)cc(OC)c3OC2C1O. The molecule has 3 fully saturated rings. The van der Waals surface area contributed by atoms with Crippen LogP contribution in [-0.4, -0.2) is 77.1 Å². The first-order valence-electron chi connectivity index (χ1n) is 14.8. The maximum atomic E-state index is 13.8. The van der Waals surface area contributed by atoms with Crippen molar-refractivity contribution in [2.75, 3.05) is 26.8 Å². The maximum Gasteiger partial charge on any atom is 0.247 e. The van der Waals surface area contributed by atoms with Gasteiger partial charge in [0.05, 0.1) is 32.3 Å². The van der Waals surface area contributed by atoms with Crippen LogP contribution in [0.25, 0.3) is 0 Å². The van der Waals surface area contributed by atoms with Gasteiger partial charge >= 0.3 is 0 Å². The fourth-order valence-corrected chi connectivity index (χ4v) is 7.81. The number of carbonyl (C=O) groups excluding carboxylic acids is 2. The van der Waals surface area contributed by atoms with E-state index < -0.39 is 30.1 Å². The fourth-order valence-electron chi connectivity index (χ4n) is 7.81. The number of allylic oxidation sites excluding steroid dienone is 1. The molecule has 4 aliphatic carbocycles. The van der Waals surface area contributed by atoms with E-state index in [-0.39, 0.29) is 37.5 Å². The van der Waals surface area contributed by atoms with Gasteiger partial charge in [0.2, 0.25) is 11.8 Å². The second-order valence-corrected chi connectivity index (χ2v) is 12.6. The van der Waals surface area contributed by atoms with Crippen LogP contribution < -0.4 is 14.8 Å². The molecular formula is C32H44N2O7. The highest BCUT2D eigenvalue weighted by Crippen LogP contribution is 2.61. The van der Waals surface area contributed by atoms with Crippen molar-refractivity contribution in [3.8, 4) is 11.5 Å². The second kappa shape index (κ2) is 11.8. The number of aliphatic hydroxyl groups is 3. The molecular weight excluding hydrogens is 524 g/mol. The average molecular weight is 569 g/mol. The minimum Gasteiger partial charge on any atom is -0.493 e. The number of methoxy groups -OCH3 is 1. The Balaban J connectivity index is 1.55. The maximum absolute atomic E-state index is 13.8. The lowest BCUT2D eigenvalue weighted by atomic mass is 9.45. The number of fused-ring (bicyclic) bond motifs is 5. The van der Waals surface area contributed by atoms with Crippen LogP contribution >= 0.6 is 0 Å². The number of hydrogen-bond donors (Lipinski definition) is 4. The second-order valence-electron chi connectivity index (χ2n) is 12.6. The monoisotopic (exact) mass is 568 g/mol. The predicted octanol–water partition coefficient (Wildman–Crippen LogP) is 2.68. The zero-order valence-corrected chi connectivity index (χ0v) is 24.3. The zero-order chi connectivity index (χ0) is 29.5. The van der Waals surface area contributed by atoms with Gasteiger partial charge in [-0.2, -0.15) is 0 Å². The lowest BCUT2D eigenvalue weighted by molar-refractivity contribution is -0.146. The summed E-state index contributed by atoms with van der Waals surface area (Å²) in [7, 11) is 1.50. The van der Waals surface area contributed by atoms with Gasteiger partial charge in [-0.15, -0.1) is 6.58 Å². The Kier molecular flexibility index (Phi) is 8.51. The zero-order valence-electron chi connectivity index (χ0n) is 24.3. The summed E-state index contributed by atoms with van der Waals surface area (Å²) in [5.74, 6) is 1.24. The number of ether oxygens (including phenoxy) is 2. The van der Waals surface area contributed by atoms with E-state index >= 15 is 0 Å². The van der Waals surface area contributed by atoms with Gasteiger partial charge in [0.1, 0.15) is 12.2 Å². The van der Waals surface area contributed by atoms with E-state index in [2.05, 4.69) is 25.7 Å². The normalized spacial score (nSPS) is 30.6. The molecule has 9 heteroatoms. The Morgan fingerprint density at radius 1 is 1.27 bits per heavy atom. The molecule has 0 radical (unpaired) electrons. The average Bonchev–Trinajstić information content (AvgIpc) is 3.37. The molecule has 0 spiro atoms. The number of hydrogen-bond acceptors (Lipinski definition) is 7. The van der Waals surface area contributed by atoms with Crippen LogP contribution in [0, 0.1) is 23.2 Å². The van der Waals surface area contributed by atoms with Gasteiger partial charge in [0.15, 0.2) is 11.5 Å². The summed E-state index contributed by atoms with van der Waals surface area (Å²) in [4.78, 5) is 29.1. The summed E-state index contributed by atoms with van der Waals surface area (Å²) in [5.41, 5.74) is 1.83. The van der Waals surface area contributed by atoms with Crippen LogP contribution in [0.5, 0.6) is 11.5 Å². The summed E-state index contributed by atoms with van der Waals surface area (Å²) in [5, 5.41) is 33.9. The third-order valence-corrected chi connectivity index (χ3v) is 10.2. The Hall–Kier alpha value is -2.88. The van der Waals surface area contributed by atoms with Gasteiger partial charge in [-0.1, -0.05) is 19.9 Å². The Bertz CT molecular complexity index is 1210. The number of nitrogens with one attached hydrogen (secondary N) is 1. The van der Waals surface area contributed by atoms with Crippen LogP contribution in [0.2, 0.25) is 0 Å². The Morgan fingerprint density at radius 3 is 2.68 bits per heavy atom. The number of nitrogens with zero attached hydrogens (tertiary/aromatic N) is 1. The highest BCUT2D eigenvalue weighted by Gasteiger charge is 2.56. The third kappa shape index (κ3) is 5.17. The first-order valence-corrected chi connectivity index (χ1v) is 14.8. The van der Waals surface area contributed by atoms with E-state index in [1.165, 1.54) is 13.5 Å². The quantitative estimate of drug-likeness (QED) is 0.302. The highest BCUT2D eigenvalue weighted by atomic mass is 16.5. The molecule has 9 nitrogen and oxygen atoms in total. The molecule has 224 valence electrons. The van der Waals surface area contributed by atoms with Crippen molar-refractivity contribution < 1.29 is 34.4 Å². The molecule has 41 heavy (non-hydrogen) atoms. The van der Waals surface area contributed by atoms with Crippen LogP contribution in [0.4, 0.5) is 0 Å². The number of carbonyl (C=O) groups is 2. The van der Waals surface area contributed by atoms with Crippen molar-refractivity contribution in [3.05, 3.63) is 47.6 Å². The molecule has 1 aliphatic heterocycles. The molecule has 5 aliphatic rings. The van der Waals surface area contributed by atoms with Crippen LogP contribution in [-0.2, 0) is 16.2 Å². The molecule has 4 N–H and O–H groups in total. The van der Waals surface area contributed by atoms with Gasteiger partial charge in [-0.05, 0) is 72.6 Å². The minimum absolute atomic E-state index is 0.0660. The first-order chi connectivity index (χ1) is 19.7. The highest BCUT2D eigenvalue weighted by molar-refractivity contribution is 5.96. The molecule has 2 amide bonds. The van der Waals surface area contributed by atoms with E-state index in [1.807, 2.05) is 0 Å². The van der Waals surface area contributed by atoms with Crippen molar-refractivity contribution >= 4 is 11.8 Å². The summed E-state index contributed by atoms with van der Waals surface area (Å²) in [6, 6.07) is 2.67. The number of rotatable bonds is 11.